The monoisotopic (exact) mass is 626 g/mol. The summed E-state index contributed by atoms with van der Waals surface area (Å²) in [7, 11) is 1.70. The first-order valence-corrected chi connectivity index (χ1v) is 16.0. The molecule has 0 amide bonds. The Hall–Kier alpha value is -3.29. The van der Waals surface area contributed by atoms with Crippen molar-refractivity contribution in [2.24, 2.45) is 0 Å². The molecule has 1 heterocycles. The molecule has 5 nitrogen and oxygen atoms in total. The Bertz CT molecular complexity index is 1460. The van der Waals surface area contributed by atoms with Gasteiger partial charge in [0.1, 0.15) is 0 Å². The average Bonchev–Trinajstić information content (AvgIpc) is 3.08. The molecular weight excluding hydrogens is 584 g/mol. The van der Waals surface area contributed by atoms with Crippen LogP contribution in [0.1, 0.15) is 46.2 Å². The Kier molecular flexibility index (Phi) is 12.4. The topological polar surface area (TPSA) is 46.2 Å². The minimum absolute atomic E-state index is 0.0913. The fourth-order valence-corrected chi connectivity index (χ4v) is 5.91. The van der Waals surface area contributed by atoms with Crippen LogP contribution in [0.5, 0.6) is 0 Å². The van der Waals surface area contributed by atoms with Crippen LogP contribution in [-0.4, -0.2) is 39.1 Å². The fraction of sp³-hybridized carbons (Fsp3) is 0.333. The lowest BCUT2D eigenvalue weighted by Crippen LogP contribution is -2.47. The van der Waals surface area contributed by atoms with E-state index in [0.29, 0.717) is 57.3 Å². The molecular formula is C39H43ClO5. The molecule has 0 N–H and O–H groups in total. The molecule has 6 heteroatoms. The molecule has 3 unspecified atom stereocenters. The van der Waals surface area contributed by atoms with Crippen LogP contribution in [0.3, 0.4) is 0 Å². The van der Waals surface area contributed by atoms with Crippen LogP contribution in [0.2, 0.25) is 5.02 Å². The van der Waals surface area contributed by atoms with Gasteiger partial charge in [-0.2, -0.15) is 0 Å². The minimum atomic E-state index is -1.00. The Labute approximate surface area is 272 Å². The van der Waals surface area contributed by atoms with E-state index < -0.39 is 5.79 Å². The number of methoxy groups -OCH3 is 1. The predicted octanol–water partition coefficient (Wildman–Crippen LogP) is 8.46. The first-order valence-electron chi connectivity index (χ1n) is 15.6. The van der Waals surface area contributed by atoms with Crippen LogP contribution in [0, 0.1) is 0 Å². The van der Waals surface area contributed by atoms with Crippen molar-refractivity contribution in [3.63, 3.8) is 0 Å². The first kappa shape index (κ1) is 33.1. The second-order valence-corrected chi connectivity index (χ2v) is 11.9. The zero-order valence-electron chi connectivity index (χ0n) is 26.0. The van der Waals surface area contributed by atoms with E-state index in [2.05, 4.69) is 61.2 Å². The van der Waals surface area contributed by atoms with E-state index in [0.717, 1.165) is 28.7 Å². The van der Waals surface area contributed by atoms with Crippen LogP contribution >= 0.6 is 11.6 Å². The molecule has 4 aromatic carbocycles. The number of hydrogen-bond acceptors (Lipinski definition) is 5. The van der Waals surface area contributed by atoms with Crippen molar-refractivity contribution in [2.45, 2.75) is 56.9 Å². The van der Waals surface area contributed by atoms with Crippen LogP contribution in [0.4, 0.5) is 0 Å². The highest BCUT2D eigenvalue weighted by molar-refractivity contribution is 6.31. The molecule has 3 atom stereocenters. The van der Waals surface area contributed by atoms with Gasteiger partial charge in [-0.25, -0.2) is 0 Å². The quantitative estimate of drug-likeness (QED) is 0.0922. The number of halogens is 1. The van der Waals surface area contributed by atoms with Gasteiger partial charge in [-0.3, -0.25) is 0 Å². The summed E-state index contributed by atoms with van der Waals surface area (Å²) in [5.74, 6) is -1.00. The van der Waals surface area contributed by atoms with Crippen LogP contribution < -0.4 is 0 Å². The normalized spacial score (nSPS) is 19.8. The Morgan fingerprint density at radius 3 is 2.22 bits per heavy atom. The third-order valence-corrected chi connectivity index (χ3v) is 8.50. The van der Waals surface area contributed by atoms with Gasteiger partial charge < -0.3 is 23.7 Å². The Morgan fingerprint density at radius 2 is 1.53 bits per heavy atom. The number of rotatable bonds is 16. The standard InChI is InChI=1S/C39H43ClO5/c1-3-21-42-22-20-30-14-16-31(17-15-30)23-34-24-35(18-19-38(34)40)39(41-2)26-36(44-28-33-12-8-5-9-13-33)25-37(45-39)29-43-27-32-10-6-4-7-11-32/h3-19,24,36-37H,1,20-23,25-29H2,2H3. The molecule has 0 spiro atoms. The highest BCUT2D eigenvalue weighted by Gasteiger charge is 2.44. The van der Waals surface area contributed by atoms with E-state index in [4.69, 9.17) is 35.3 Å². The third-order valence-electron chi connectivity index (χ3n) is 8.13. The summed E-state index contributed by atoms with van der Waals surface area (Å²) >= 11 is 6.75. The van der Waals surface area contributed by atoms with Crippen molar-refractivity contribution in [2.75, 3.05) is 26.9 Å². The molecule has 0 aliphatic carbocycles. The van der Waals surface area contributed by atoms with E-state index in [1.165, 1.54) is 11.1 Å². The van der Waals surface area contributed by atoms with Gasteiger partial charge in [-0.05, 0) is 52.8 Å². The molecule has 0 radical (unpaired) electrons. The predicted molar refractivity (Wildman–Crippen MR) is 179 cm³/mol. The maximum absolute atomic E-state index is 6.76. The lowest BCUT2D eigenvalue weighted by Gasteiger charge is -2.44. The van der Waals surface area contributed by atoms with Gasteiger partial charge in [0, 0.05) is 30.5 Å². The van der Waals surface area contributed by atoms with Gasteiger partial charge in [0.25, 0.3) is 0 Å². The lowest BCUT2D eigenvalue weighted by molar-refractivity contribution is -0.305. The van der Waals surface area contributed by atoms with Gasteiger partial charge in [-0.15, -0.1) is 6.58 Å². The lowest BCUT2D eigenvalue weighted by atomic mass is 9.90. The number of ether oxygens (including phenoxy) is 5. The summed E-state index contributed by atoms with van der Waals surface area (Å²) in [6, 6.07) is 35.1. The summed E-state index contributed by atoms with van der Waals surface area (Å²) in [5.41, 5.74) is 6.60. The second kappa shape index (κ2) is 16.9. The van der Waals surface area contributed by atoms with Crippen molar-refractivity contribution in [1.82, 2.24) is 0 Å². The van der Waals surface area contributed by atoms with Gasteiger partial charge in [-0.1, -0.05) is 109 Å². The van der Waals surface area contributed by atoms with Crippen LogP contribution in [-0.2, 0) is 55.5 Å². The van der Waals surface area contributed by atoms with Crippen molar-refractivity contribution in [1.29, 1.82) is 0 Å². The Morgan fingerprint density at radius 1 is 0.844 bits per heavy atom. The third kappa shape index (κ3) is 9.60. The molecule has 1 fully saturated rings. The van der Waals surface area contributed by atoms with Crippen LogP contribution in [0.25, 0.3) is 0 Å². The summed E-state index contributed by atoms with van der Waals surface area (Å²) < 4.78 is 31.2. The number of benzene rings is 4. The van der Waals surface area contributed by atoms with Gasteiger partial charge >= 0.3 is 0 Å². The summed E-state index contributed by atoms with van der Waals surface area (Å²) in [6.07, 6.45) is 4.27. The molecule has 0 aromatic heterocycles. The van der Waals surface area contributed by atoms with Gasteiger partial charge in [0.15, 0.2) is 5.79 Å². The SMILES string of the molecule is C=CCOCCc1ccc(Cc2cc(C3(OC)CC(OCc4ccccc4)CC(COCc4ccccc4)O3)ccc2Cl)cc1. The molecule has 1 saturated heterocycles. The average molecular weight is 627 g/mol. The highest BCUT2D eigenvalue weighted by atomic mass is 35.5. The van der Waals surface area contributed by atoms with Crippen molar-refractivity contribution in [3.8, 4) is 0 Å². The largest absolute Gasteiger partial charge is 0.377 e. The molecule has 45 heavy (non-hydrogen) atoms. The fourth-order valence-electron chi connectivity index (χ4n) is 5.72. The molecule has 0 saturated carbocycles. The van der Waals surface area contributed by atoms with Crippen molar-refractivity contribution >= 4 is 11.6 Å². The van der Waals surface area contributed by atoms with E-state index in [-0.39, 0.29) is 12.2 Å². The summed E-state index contributed by atoms with van der Waals surface area (Å²) in [4.78, 5) is 0. The van der Waals surface area contributed by atoms with Gasteiger partial charge in [0.05, 0.1) is 45.2 Å². The van der Waals surface area contributed by atoms with E-state index in [1.54, 1.807) is 13.2 Å². The molecule has 0 bridgehead atoms. The van der Waals surface area contributed by atoms with Crippen LogP contribution in [0.15, 0.2) is 116 Å². The minimum Gasteiger partial charge on any atom is -0.377 e. The summed E-state index contributed by atoms with van der Waals surface area (Å²) in [5, 5.41) is 0.710. The molecule has 5 rings (SSSR count). The zero-order valence-corrected chi connectivity index (χ0v) is 26.8. The summed E-state index contributed by atoms with van der Waals surface area (Å²) in [6.45, 7) is 6.40. The molecule has 1 aliphatic rings. The number of hydrogen-bond donors (Lipinski definition) is 0. The maximum atomic E-state index is 6.76. The van der Waals surface area contributed by atoms with E-state index in [9.17, 15) is 0 Å². The smallest absolute Gasteiger partial charge is 0.197 e. The molecule has 4 aromatic rings. The van der Waals surface area contributed by atoms with Crippen molar-refractivity contribution in [3.05, 3.63) is 154 Å². The highest BCUT2D eigenvalue weighted by Crippen LogP contribution is 2.41. The first-order chi connectivity index (χ1) is 22.1. The van der Waals surface area contributed by atoms with Gasteiger partial charge in [0.2, 0.25) is 0 Å². The van der Waals surface area contributed by atoms with E-state index >= 15 is 0 Å². The maximum Gasteiger partial charge on any atom is 0.197 e. The zero-order chi connectivity index (χ0) is 31.3. The van der Waals surface area contributed by atoms with E-state index in [1.807, 2.05) is 48.5 Å². The second-order valence-electron chi connectivity index (χ2n) is 11.5. The molecule has 1 aliphatic heterocycles. The Balaban J connectivity index is 1.32. The van der Waals surface area contributed by atoms with Crippen molar-refractivity contribution < 1.29 is 23.7 Å². The molecule has 236 valence electrons.